The number of carbonyl (C=O) groups excluding carboxylic acids is 1. The van der Waals surface area contributed by atoms with Gasteiger partial charge in [0.2, 0.25) is 10.0 Å². The van der Waals surface area contributed by atoms with E-state index in [2.05, 4.69) is 19.8 Å². The Labute approximate surface area is 228 Å². The van der Waals surface area contributed by atoms with Gasteiger partial charge in [-0.05, 0) is 73.6 Å². The minimum atomic E-state index is -3.82. The van der Waals surface area contributed by atoms with Crippen LogP contribution in [0, 0.1) is 17.3 Å². The molecule has 2 unspecified atom stereocenters. The highest BCUT2D eigenvalue weighted by atomic mass is 32.2. The maximum absolute atomic E-state index is 13.7. The number of piperidine rings is 2. The quantitative estimate of drug-likeness (QED) is 0.455. The number of hydrogen-bond acceptors (Lipinski definition) is 8. The minimum absolute atomic E-state index is 0.0688. The first kappa shape index (κ1) is 25.1. The number of fused-ring (bicyclic) bond motifs is 2. The summed E-state index contributed by atoms with van der Waals surface area (Å²) in [6.45, 7) is 3.77. The summed E-state index contributed by atoms with van der Waals surface area (Å²) >= 11 is 0. The van der Waals surface area contributed by atoms with Crippen LogP contribution in [0.15, 0.2) is 29.2 Å². The van der Waals surface area contributed by atoms with E-state index < -0.39 is 10.0 Å². The summed E-state index contributed by atoms with van der Waals surface area (Å²) in [5, 5.41) is 12.1. The van der Waals surface area contributed by atoms with Crippen molar-refractivity contribution in [3.05, 3.63) is 35.4 Å². The fourth-order valence-corrected chi connectivity index (χ4v) is 7.55. The van der Waals surface area contributed by atoms with Gasteiger partial charge in [0.25, 0.3) is 5.91 Å². The third kappa shape index (κ3) is 4.74. The van der Waals surface area contributed by atoms with E-state index in [1.54, 1.807) is 12.1 Å². The number of ether oxygens (including phenoxy) is 1. The molecule has 2 saturated heterocycles. The molecule has 39 heavy (non-hydrogen) atoms. The first-order valence-electron chi connectivity index (χ1n) is 14.1. The second-order valence-electron chi connectivity index (χ2n) is 11.8. The van der Waals surface area contributed by atoms with E-state index in [0.29, 0.717) is 29.1 Å². The Morgan fingerprint density at radius 3 is 2.59 bits per heavy atom. The minimum Gasteiger partial charge on any atom is -0.489 e. The summed E-state index contributed by atoms with van der Waals surface area (Å²) in [5.74, 6) is 3.31. The number of aliphatic hydroxyl groups is 1. The standard InChI is InChI=1S/C28H35N5O5S/c34-11-8-29-39(36,37)21-1-2-22(23(15-21)32-9-6-28(4-5-28)7-10-32)27(35)31-24-14-18-3-12-38-25(18)26(30-24)33-16-19-13-20(19)17-33/h1-2,14-15,19-20,29,34H,3-13,16-17H2,(H,30,31,35). The lowest BCUT2D eigenvalue weighted by atomic mass is 9.93. The number of carbonyl (C=O) groups is 1. The van der Waals surface area contributed by atoms with Crippen LogP contribution in [0.25, 0.3) is 0 Å². The number of pyridine rings is 1. The number of benzene rings is 1. The van der Waals surface area contributed by atoms with Crippen LogP contribution >= 0.6 is 0 Å². The van der Waals surface area contributed by atoms with Gasteiger partial charge in [0.05, 0.1) is 29.4 Å². The van der Waals surface area contributed by atoms with Gasteiger partial charge in [-0.25, -0.2) is 18.1 Å². The maximum Gasteiger partial charge on any atom is 0.258 e. The zero-order valence-electron chi connectivity index (χ0n) is 22.0. The predicted octanol–water partition coefficient (Wildman–Crippen LogP) is 2.38. The Balaban J connectivity index is 1.19. The number of nitrogens with one attached hydrogen (secondary N) is 2. The van der Waals surface area contributed by atoms with Gasteiger partial charge >= 0.3 is 0 Å². The maximum atomic E-state index is 13.7. The van der Waals surface area contributed by atoms with Crippen molar-refractivity contribution >= 4 is 33.3 Å². The van der Waals surface area contributed by atoms with Crippen LogP contribution in [0.3, 0.4) is 0 Å². The van der Waals surface area contributed by atoms with Crippen molar-refractivity contribution < 1.29 is 23.1 Å². The Morgan fingerprint density at radius 1 is 1.10 bits per heavy atom. The van der Waals surface area contributed by atoms with Crippen molar-refractivity contribution in [1.29, 1.82) is 0 Å². The van der Waals surface area contributed by atoms with Crippen LogP contribution in [-0.4, -0.2) is 70.4 Å². The Hall–Kier alpha value is -2.89. The van der Waals surface area contributed by atoms with Crippen LogP contribution in [0.5, 0.6) is 5.75 Å². The number of sulfonamides is 1. The molecule has 7 rings (SSSR count). The molecule has 0 bridgehead atoms. The zero-order chi connectivity index (χ0) is 26.8. The van der Waals surface area contributed by atoms with Gasteiger partial charge in [-0.1, -0.05) is 0 Å². The van der Waals surface area contributed by atoms with Crippen LogP contribution in [0.2, 0.25) is 0 Å². The molecule has 3 N–H and O–H groups in total. The first-order valence-corrected chi connectivity index (χ1v) is 15.6. The fraction of sp³-hybridized carbons (Fsp3) is 0.571. The molecular weight excluding hydrogens is 518 g/mol. The summed E-state index contributed by atoms with van der Waals surface area (Å²) in [7, 11) is -3.82. The molecule has 2 aromatic rings. The van der Waals surface area contributed by atoms with Crippen molar-refractivity contribution in [3.8, 4) is 5.75 Å². The van der Waals surface area contributed by atoms with Gasteiger partial charge in [0, 0.05) is 44.7 Å². The number of aromatic nitrogens is 1. The average molecular weight is 554 g/mol. The van der Waals surface area contributed by atoms with Crippen LogP contribution < -0.4 is 24.6 Å². The van der Waals surface area contributed by atoms with E-state index in [0.717, 1.165) is 74.4 Å². The molecule has 3 aliphatic heterocycles. The molecule has 0 radical (unpaired) electrons. The van der Waals surface area contributed by atoms with Crippen LogP contribution in [-0.2, 0) is 16.4 Å². The molecule has 10 nitrogen and oxygen atoms in total. The van der Waals surface area contributed by atoms with Crippen molar-refractivity contribution in [2.45, 2.75) is 43.4 Å². The lowest BCUT2D eigenvalue weighted by Gasteiger charge is -2.35. The van der Waals surface area contributed by atoms with E-state index in [1.165, 1.54) is 25.3 Å². The molecule has 5 aliphatic rings. The second-order valence-corrected chi connectivity index (χ2v) is 13.6. The van der Waals surface area contributed by atoms with Crippen LogP contribution in [0.4, 0.5) is 17.3 Å². The van der Waals surface area contributed by atoms with Gasteiger partial charge < -0.3 is 25.0 Å². The fourth-order valence-electron chi connectivity index (χ4n) is 6.50. The van der Waals surface area contributed by atoms with E-state index in [4.69, 9.17) is 14.8 Å². The molecule has 2 aliphatic carbocycles. The van der Waals surface area contributed by atoms with E-state index in [-0.39, 0.29) is 24.0 Å². The van der Waals surface area contributed by atoms with Gasteiger partial charge in [-0.15, -0.1) is 0 Å². The summed E-state index contributed by atoms with van der Waals surface area (Å²) in [5.41, 5.74) is 2.52. The SMILES string of the molecule is O=C(Nc1cc2c(c(N3CC4CC4C3)n1)OCC2)c1ccc(S(=O)(=O)NCCO)cc1N1CCC2(CC1)CC2. The van der Waals surface area contributed by atoms with Gasteiger partial charge in [0.15, 0.2) is 11.6 Å². The van der Waals surface area contributed by atoms with Gasteiger partial charge in [-0.3, -0.25) is 4.79 Å². The Morgan fingerprint density at radius 2 is 1.87 bits per heavy atom. The first-order chi connectivity index (χ1) is 18.8. The lowest BCUT2D eigenvalue weighted by molar-refractivity contribution is 0.102. The number of amides is 1. The predicted molar refractivity (Wildman–Crippen MR) is 147 cm³/mol. The zero-order valence-corrected chi connectivity index (χ0v) is 22.8. The molecule has 2 saturated carbocycles. The summed E-state index contributed by atoms with van der Waals surface area (Å²) in [6.07, 6.45) is 6.66. The highest BCUT2D eigenvalue weighted by molar-refractivity contribution is 7.89. The Bertz CT molecular complexity index is 1410. The molecule has 1 aromatic carbocycles. The second kappa shape index (κ2) is 9.35. The number of rotatable bonds is 8. The normalized spacial score (nSPS) is 24.3. The third-order valence-electron chi connectivity index (χ3n) is 9.22. The molecular formula is C28H35N5O5S. The van der Waals surface area contributed by atoms with E-state index >= 15 is 0 Å². The van der Waals surface area contributed by atoms with Crippen molar-refractivity contribution in [3.63, 3.8) is 0 Å². The summed E-state index contributed by atoms with van der Waals surface area (Å²) in [6, 6.07) is 6.53. The van der Waals surface area contributed by atoms with Gasteiger partial charge in [0.1, 0.15) is 5.82 Å². The molecule has 1 spiro atoms. The third-order valence-corrected chi connectivity index (χ3v) is 10.7. The van der Waals surface area contributed by atoms with Crippen molar-refractivity contribution in [1.82, 2.24) is 9.71 Å². The molecule has 2 atom stereocenters. The molecule has 1 aromatic heterocycles. The monoisotopic (exact) mass is 553 g/mol. The van der Waals surface area contributed by atoms with E-state index in [9.17, 15) is 13.2 Å². The lowest BCUT2D eigenvalue weighted by Crippen LogP contribution is -2.36. The highest BCUT2D eigenvalue weighted by Crippen LogP contribution is 2.54. The average Bonchev–Trinajstić information content (AvgIpc) is 3.76. The largest absolute Gasteiger partial charge is 0.489 e. The molecule has 208 valence electrons. The topological polar surface area (TPSA) is 124 Å². The Kier molecular flexibility index (Phi) is 6.02. The summed E-state index contributed by atoms with van der Waals surface area (Å²) < 4.78 is 34.0. The molecule has 1 amide bonds. The molecule has 4 fully saturated rings. The smallest absolute Gasteiger partial charge is 0.258 e. The number of aliphatic hydroxyl groups excluding tert-OH is 1. The van der Waals surface area contributed by atoms with E-state index in [1.807, 2.05) is 6.07 Å². The number of anilines is 3. The number of nitrogens with zero attached hydrogens (tertiary/aromatic N) is 3. The van der Waals surface area contributed by atoms with Crippen molar-refractivity contribution in [2.24, 2.45) is 17.3 Å². The molecule has 11 heteroatoms. The highest BCUT2D eigenvalue weighted by Gasteiger charge is 2.47. The molecule has 4 heterocycles. The van der Waals surface area contributed by atoms with Crippen LogP contribution in [0.1, 0.15) is 48.0 Å². The van der Waals surface area contributed by atoms with Gasteiger partial charge in [-0.2, -0.15) is 0 Å². The van der Waals surface area contributed by atoms with Crippen molar-refractivity contribution in [2.75, 3.05) is 61.1 Å². The summed E-state index contributed by atoms with van der Waals surface area (Å²) in [4.78, 5) is 23.1. The number of hydrogen-bond donors (Lipinski definition) is 3.